The number of esters is 2. The van der Waals surface area contributed by atoms with Crippen LogP contribution in [0.1, 0.15) is 111 Å². The fourth-order valence-corrected chi connectivity index (χ4v) is 7.70. The monoisotopic (exact) mass is 774 g/mol. The topological polar surface area (TPSA) is 164 Å². The van der Waals surface area contributed by atoms with E-state index in [1.165, 1.54) is 31.3 Å². The van der Waals surface area contributed by atoms with Crippen LogP contribution in [0.25, 0.3) is 10.1 Å². The summed E-state index contributed by atoms with van der Waals surface area (Å²) >= 11 is 1.06. The molecule has 15 heteroatoms. The van der Waals surface area contributed by atoms with Crippen molar-refractivity contribution in [1.29, 1.82) is 0 Å². The molecule has 2 aliphatic rings. The van der Waals surface area contributed by atoms with Gasteiger partial charge in [-0.1, -0.05) is 0 Å². The first-order valence-corrected chi connectivity index (χ1v) is 18.9. The highest BCUT2D eigenvalue weighted by Crippen LogP contribution is 2.42. The number of ether oxygens (including phenoxy) is 5. The Morgan fingerprint density at radius 1 is 0.926 bits per heavy atom. The molecule has 1 aromatic heterocycles. The Labute approximate surface area is 316 Å². The van der Waals surface area contributed by atoms with Gasteiger partial charge in [0.1, 0.15) is 23.3 Å². The number of hydrogen-bond acceptors (Lipinski definition) is 12. The van der Waals surface area contributed by atoms with Crippen molar-refractivity contribution in [3.63, 3.8) is 0 Å². The Balaban J connectivity index is 1.20. The molecule has 3 aromatic rings. The van der Waals surface area contributed by atoms with Crippen LogP contribution in [-0.4, -0.2) is 72.2 Å². The van der Waals surface area contributed by atoms with Crippen LogP contribution in [0, 0.1) is 11.6 Å². The molecule has 1 amide bonds. The molecule has 1 unspecified atom stereocenters. The van der Waals surface area contributed by atoms with Crippen molar-refractivity contribution in [2.75, 3.05) is 20.8 Å². The number of rotatable bonds is 15. The zero-order valence-corrected chi connectivity index (χ0v) is 32.1. The van der Waals surface area contributed by atoms with Gasteiger partial charge in [0, 0.05) is 60.1 Å². The summed E-state index contributed by atoms with van der Waals surface area (Å²) in [6, 6.07) is 4.63. The van der Waals surface area contributed by atoms with Gasteiger partial charge in [-0.3, -0.25) is 19.2 Å². The van der Waals surface area contributed by atoms with E-state index in [4.69, 9.17) is 29.4 Å². The fourth-order valence-electron chi connectivity index (χ4n) is 6.64. The maximum Gasteiger partial charge on any atom is 0.306 e. The van der Waals surface area contributed by atoms with Gasteiger partial charge in [0.15, 0.2) is 23.1 Å². The summed E-state index contributed by atoms with van der Waals surface area (Å²) in [6.07, 6.45) is 0.778. The Bertz CT molecular complexity index is 1880. The number of methoxy groups -OCH3 is 2. The molecule has 0 spiro atoms. The first-order chi connectivity index (χ1) is 25.6. The summed E-state index contributed by atoms with van der Waals surface area (Å²) in [4.78, 5) is 52.0. The number of halogens is 2. The molecule has 1 fully saturated rings. The van der Waals surface area contributed by atoms with E-state index >= 15 is 8.78 Å². The molecule has 3 N–H and O–H groups in total. The number of Topliss-reactive ketones (excluding diaryl/α,β-unsaturated/α-hetero) is 1. The van der Waals surface area contributed by atoms with Crippen LogP contribution in [0.5, 0.6) is 17.2 Å². The number of nitrogens with zero attached hydrogens (tertiary/aromatic N) is 1. The minimum Gasteiger partial charge on any atom is -0.496 e. The van der Waals surface area contributed by atoms with Crippen LogP contribution < -0.4 is 19.9 Å². The van der Waals surface area contributed by atoms with E-state index in [1.807, 2.05) is 0 Å². The third-order valence-corrected chi connectivity index (χ3v) is 10.6. The summed E-state index contributed by atoms with van der Waals surface area (Å²) in [7, 11) is 2.67. The van der Waals surface area contributed by atoms with Gasteiger partial charge in [-0.2, -0.15) is 0 Å². The van der Waals surface area contributed by atoms with Gasteiger partial charge in [0.25, 0.3) is 0 Å². The normalized spacial score (nSPS) is 17.5. The predicted octanol–water partition coefficient (Wildman–Crippen LogP) is 6.44. The molecular formula is C39H48F2N2O10S. The first kappa shape index (κ1) is 40.8. The predicted molar refractivity (Wildman–Crippen MR) is 196 cm³/mol. The number of aliphatic hydroxyl groups is 1. The van der Waals surface area contributed by atoms with E-state index in [0.29, 0.717) is 23.1 Å². The van der Waals surface area contributed by atoms with E-state index in [0.717, 1.165) is 24.2 Å². The van der Waals surface area contributed by atoms with Crippen molar-refractivity contribution >= 4 is 45.1 Å². The number of thiophene rings is 1. The third kappa shape index (κ3) is 9.85. The number of carbonyl (C=O) groups excluding carboxylic acids is 4. The zero-order chi connectivity index (χ0) is 39.3. The molecule has 2 aromatic carbocycles. The molecule has 12 nitrogen and oxygen atoms in total. The largest absolute Gasteiger partial charge is 0.496 e. The lowest BCUT2D eigenvalue weighted by Crippen LogP contribution is -2.31. The minimum absolute atomic E-state index is 0.0534. The zero-order valence-electron chi connectivity index (χ0n) is 31.3. The first-order valence-electron chi connectivity index (χ1n) is 18.0. The van der Waals surface area contributed by atoms with Crippen molar-refractivity contribution < 1.29 is 56.7 Å². The van der Waals surface area contributed by atoms with Gasteiger partial charge in [0.2, 0.25) is 5.91 Å². The Morgan fingerprint density at radius 3 is 2.28 bits per heavy atom. The van der Waals surface area contributed by atoms with E-state index in [9.17, 15) is 24.3 Å². The van der Waals surface area contributed by atoms with E-state index in [1.54, 1.807) is 26.8 Å². The Hall–Kier alpha value is -4.34. The molecule has 0 bridgehead atoms. The van der Waals surface area contributed by atoms with E-state index in [2.05, 4.69) is 0 Å². The van der Waals surface area contributed by atoms with Crippen LogP contribution in [0.15, 0.2) is 18.2 Å². The maximum atomic E-state index is 16.0. The average molecular weight is 775 g/mol. The molecule has 1 aliphatic heterocycles. The fraction of sp³-hybridized carbons (Fsp3) is 0.538. The standard InChI is InChI=1S/C39H48F2N2O10S/c1-39(2,3)53-34(48)13-11-32(46)43-19-21-16-28(49-4)35(36(40)25(21)20-43)27(45)14-15-51-38-29(50-5)18-30-24(37(38)41)17-31(54-30)26(44)10-12-33(47)52-23-8-6-22(42)7-9-23/h16-18,22-23,27,45H,6-15,19-20,42H2,1-5H3. The summed E-state index contributed by atoms with van der Waals surface area (Å²) in [5, 5.41) is 11.3. The quantitative estimate of drug-likeness (QED) is 0.129. The lowest BCUT2D eigenvalue weighted by molar-refractivity contribution is -0.156. The van der Waals surface area contributed by atoms with Gasteiger partial charge in [-0.05, 0) is 64.2 Å². The molecule has 5 rings (SSSR count). The molecule has 1 atom stereocenters. The highest BCUT2D eigenvalue weighted by Gasteiger charge is 2.32. The molecule has 0 radical (unpaired) electrons. The molecule has 294 valence electrons. The smallest absolute Gasteiger partial charge is 0.306 e. The van der Waals surface area contributed by atoms with Crippen molar-refractivity contribution in [2.24, 2.45) is 5.73 Å². The third-order valence-electron chi connectivity index (χ3n) is 9.43. The summed E-state index contributed by atoms with van der Waals surface area (Å²) in [5.41, 5.74) is 5.84. The van der Waals surface area contributed by atoms with Gasteiger partial charge < -0.3 is 39.4 Å². The Kier molecular flexibility index (Phi) is 13.2. The molecule has 1 saturated carbocycles. The SMILES string of the molecule is COc1cc2sc(C(=O)CCC(=O)OC3CCC(N)CC3)cc2c(F)c1OCCC(O)c1c(OC)cc2c(c1F)CN(C(=O)CCC(=O)OC(C)(C)C)C2. The number of aliphatic hydroxyl groups excluding tert-OH is 1. The number of benzene rings is 2. The molecule has 54 heavy (non-hydrogen) atoms. The number of hydrogen-bond donors (Lipinski definition) is 2. The van der Waals surface area contributed by atoms with Crippen molar-refractivity contribution in [1.82, 2.24) is 4.90 Å². The lowest BCUT2D eigenvalue weighted by Gasteiger charge is -2.25. The number of amides is 1. The van der Waals surface area contributed by atoms with Crippen molar-refractivity contribution in [2.45, 2.75) is 115 Å². The maximum absolute atomic E-state index is 16.0. The van der Waals surface area contributed by atoms with Crippen LogP contribution in [0.3, 0.4) is 0 Å². The second-order valence-corrected chi connectivity index (χ2v) is 15.7. The number of fused-ring (bicyclic) bond motifs is 2. The van der Waals surface area contributed by atoms with Gasteiger partial charge in [-0.25, -0.2) is 8.78 Å². The molecular weight excluding hydrogens is 726 g/mol. The number of nitrogens with two attached hydrogens (primary N) is 1. The average Bonchev–Trinajstić information content (AvgIpc) is 3.76. The van der Waals surface area contributed by atoms with E-state index in [-0.39, 0.29) is 114 Å². The van der Waals surface area contributed by atoms with Crippen LogP contribution in [0.4, 0.5) is 8.78 Å². The summed E-state index contributed by atoms with van der Waals surface area (Å²) in [5.74, 6) is -3.26. The molecule has 2 heterocycles. The van der Waals surface area contributed by atoms with Crippen molar-refractivity contribution in [3.05, 3.63) is 51.4 Å². The van der Waals surface area contributed by atoms with E-state index < -0.39 is 35.3 Å². The molecule has 0 saturated heterocycles. The molecule has 1 aliphatic carbocycles. The minimum atomic E-state index is -1.42. The van der Waals surface area contributed by atoms with Crippen LogP contribution in [-0.2, 0) is 36.9 Å². The van der Waals surface area contributed by atoms with Gasteiger partial charge in [0.05, 0.1) is 50.2 Å². The second-order valence-electron chi connectivity index (χ2n) is 14.6. The van der Waals surface area contributed by atoms with Gasteiger partial charge in [-0.15, -0.1) is 11.3 Å². The summed E-state index contributed by atoms with van der Waals surface area (Å²) in [6.45, 7) is 5.00. The lowest BCUT2D eigenvalue weighted by atomic mass is 9.94. The van der Waals surface area contributed by atoms with Crippen LogP contribution in [0.2, 0.25) is 0 Å². The summed E-state index contributed by atoms with van der Waals surface area (Å²) < 4.78 is 59.6. The van der Waals surface area contributed by atoms with Crippen molar-refractivity contribution in [3.8, 4) is 17.2 Å². The number of ketones is 1. The van der Waals surface area contributed by atoms with Gasteiger partial charge >= 0.3 is 11.9 Å². The number of carbonyl (C=O) groups is 4. The highest BCUT2D eigenvalue weighted by molar-refractivity contribution is 7.20. The second kappa shape index (κ2) is 17.4. The Morgan fingerprint density at radius 2 is 1.61 bits per heavy atom. The highest BCUT2D eigenvalue weighted by atomic mass is 32.1. The van der Waals surface area contributed by atoms with Crippen LogP contribution >= 0.6 is 11.3 Å².